The standard InChI is InChI=1S/C19H18Cl2N2O/c1-12(8-14-11-22-18-5-3-2-4-15(14)18)19(24)23-10-13-6-7-16(20)17(21)9-13/h2-7,9,11-12,22H,8,10H2,1H3,(H,23,24). The average Bonchev–Trinajstić information content (AvgIpc) is 2.99. The molecule has 1 aromatic heterocycles. The number of H-pyrrole nitrogens is 1. The van der Waals surface area contributed by atoms with Crippen molar-refractivity contribution in [1.29, 1.82) is 0 Å². The minimum Gasteiger partial charge on any atom is -0.361 e. The minimum absolute atomic E-state index is 0.0198. The number of rotatable bonds is 5. The SMILES string of the molecule is CC(Cc1c[nH]c2ccccc12)C(=O)NCc1ccc(Cl)c(Cl)c1. The van der Waals surface area contributed by atoms with Crippen LogP contribution in [0.15, 0.2) is 48.7 Å². The molecule has 0 bridgehead atoms. The van der Waals surface area contributed by atoms with Crippen LogP contribution in [0.4, 0.5) is 0 Å². The Morgan fingerprint density at radius 2 is 1.96 bits per heavy atom. The number of carbonyl (C=O) groups is 1. The first-order valence-electron chi connectivity index (χ1n) is 7.81. The maximum Gasteiger partial charge on any atom is 0.223 e. The van der Waals surface area contributed by atoms with Gasteiger partial charge in [0, 0.05) is 29.6 Å². The topological polar surface area (TPSA) is 44.9 Å². The van der Waals surface area contributed by atoms with Gasteiger partial charge in [0.2, 0.25) is 5.91 Å². The van der Waals surface area contributed by atoms with Crippen LogP contribution in [0.2, 0.25) is 10.0 Å². The summed E-state index contributed by atoms with van der Waals surface area (Å²) in [5, 5.41) is 5.13. The summed E-state index contributed by atoms with van der Waals surface area (Å²) in [6.45, 7) is 2.37. The second-order valence-corrected chi connectivity index (χ2v) is 6.75. The van der Waals surface area contributed by atoms with Crippen LogP contribution in [0.3, 0.4) is 0 Å². The molecule has 1 heterocycles. The summed E-state index contributed by atoms with van der Waals surface area (Å²) < 4.78 is 0. The molecule has 1 atom stereocenters. The van der Waals surface area contributed by atoms with E-state index in [2.05, 4.69) is 16.4 Å². The predicted molar refractivity (Wildman–Crippen MR) is 99.5 cm³/mol. The highest BCUT2D eigenvalue weighted by atomic mass is 35.5. The second kappa shape index (κ2) is 7.29. The molecule has 24 heavy (non-hydrogen) atoms. The van der Waals surface area contributed by atoms with Crippen molar-refractivity contribution in [2.45, 2.75) is 19.9 Å². The van der Waals surface area contributed by atoms with Crippen LogP contribution in [0.25, 0.3) is 10.9 Å². The quantitative estimate of drug-likeness (QED) is 0.662. The fourth-order valence-corrected chi connectivity index (χ4v) is 3.06. The number of nitrogens with one attached hydrogen (secondary N) is 2. The van der Waals surface area contributed by atoms with Gasteiger partial charge in [-0.25, -0.2) is 0 Å². The second-order valence-electron chi connectivity index (χ2n) is 5.93. The van der Waals surface area contributed by atoms with Gasteiger partial charge in [0.15, 0.2) is 0 Å². The van der Waals surface area contributed by atoms with Crippen LogP contribution in [-0.2, 0) is 17.8 Å². The highest BCUT2D eigenvalue weighted by Crippen LogP contribution is 2.23. The molecule has 0 fully saturated rings. The lowest BCUT2D eigenvalue weighted by molar-refractivity contribution is -0.124. The molecule has 0 aliphatic rings. The lowest BCUT2D eigenvalue weighted by atomic mass is 10.00. The van der Waals surface area contributed by atoms with Gasteiger partial charge in [-0.05, 0) is 35.7 Å². The maximum absolute atomic E-state index is 12.4. The Morgan fingerprint density at radius 1 is 1.17 bits per heavy atom. The third-order valence-electron chi connectivity index (χ3n) is 4.10. The number of para-hydroxylation sites is 1. The van der Waals surface area contributed by atoms with Gasteiger partial charge in [0.25, 0.3) is 0 Å². The van der Waals surface area contributed by atoms with Crippen LogP contribution >= 0.6 is 23.2 Å². The Hall–Kier alpha value is -1.97. The van der Waals surface area contributed by atoms with Gasteiger partial charge >= 0.3 is 0 Å². The first-order chi connectivity index (χ1) is 11.5. The zero-order valence-electron chi connectivity index (χ0n) is 13.3. The number of carbonyl (C=O) groups excluding carboxylic acids is 1. The maximum atomic E-state index is 12.4. The number of hydrogen-bond acceptors (Lipinski definition) is 1. The van der Waals surface area contributed by atoms with Gasteiger partial charge in [-0.2, -0.15) is 0 Å². The zero-order chi connectivity index (χ0) is 17.1. The van der Waals surface area contributed by atoms with Crippen LogP contribution in [0.1, 0.15) is 18.1 Å². The Labute approximate surface area is 151 Å². The molecule has 2 N–H and O–H groups in total. The van der Waals surface area contributed by atoms with Gasteiger partial charge in [0.05, 0.1) is 10.0 Å². The van der Waals surface area contributed by atoms with Crippen LogP contribution < -0.4 is 5.32 Å². The summed E-state index contributed by atoms with van der Waals surface area (Å²) in [6, 6.07) is 13.5. The minimum atomic E-state index is -0.119. The van der Waals surface area contributed by atoms with Crippen molar-refractivity contribution >= 4 is 40.0 Å². The van der Waals surface area contributed by atoms with Crippen LogP contribution in [-0.4, -0.2) is 10.9 Å². The van der Waals surface area contributed by atoms with E-state index in [9.17, 15) is 4.79 Å². The Balaban J connectivity index is 1.61. The fourth-order valence-electron chi connectivity index (χ4n) is 2.74. The van der Waals surface area contributed by atoms with Crippen LogP contribution in [0.5, 0.6) is 0 Å². The van der Waals surface area contributed by atoms with Crippen LogP contribution in [0, 0.1) is 5.92 Å². The van der Waals surface area contributed by atoms with E-state index in [-0.39, 0.29) is 11.8 Å². The predicted octanol–water partition coefficient (Wildman–Crippen LogP) is 4.97. The molecule has 0 aliphatic carbocycles. The van der Waals surface area contributed by atoms with Gasteiger partial charge in [-0.15, -0.1) is 0 Å². The van der Waals surface area contributed by atoms with Crippen molar-refractivity contribution in [2.24, 2.45) is 5.92 Å². The monoisotopic (exact) mass is 360 g/mol. The normalized spacial score (nSPS) is 12.3. The van der Waals surface area contributed by atoms with Gasteiger partial charge in [-0.3, -0.25) is 4.79 Å². The number of aromatic nitrogens is 1. The Bertz CT molecular complexity index is 873. The fraction of sp³-hybridized carbons (Fsp3) is 0.211. The van der Waals surface area contributed by atoms with Gasteiger partial charge in [0.1, 0.15) is 0 Å². The molecule has 0 spiro atoms. The number of hydrogen-bond donors (Lipinski definition) is 2. The highest BCUT2D eigenvalue weighted by Gasteiger charge is 2.15. The highest BCUT2D eigenvalue weighted by molar-refractivity contribution is 6.42. The third-order valence-corrected chi connectivity index (χ3v) is 4.84. The molecule has 3 nitrogen and oxygen atoms in total. The summed E-state index contributed by atoms with van der Waals surface area (Å²) in [4.78, 5) is 15.6. The molecule has 0 saturated carbocycles. The van der Waals surface area contributed by atoms with Crippen molar-refractivity contribution in [3.63, 3.8) is 0 Å². The summed E-state index contributed by atoms with van der Waals surface area (Å²) >= 11 is 11.9. The summed E-state index contributed by atoms with van der Waals surface area (Å²) in [5.41, 5.74) is 3.18. The third kappa shape index (κ3) is 3.74. The van der Waals surface area contributed by atoms with E-state index in [0.717, 1.165) is 16.6 Å². The first kappa shape index (κ1) is 16.9. The molecule has 3 aromatic rings. The summed E-state index contributed by atoms with van der Waals surface area (Å²) in [7, 11) is 0. The lowest BCUT2D eigenvalue weighted by Gasteiger charge is -2.12. The number of amides is 1. The number of fused-ring (bicyclic) bond motifs is 1. The molecule has 1 amide bonds. The lowest BCUT2D eigenvalue weighted by Crippen LogP contribution is -2.29. The van der Waals surface area contributed by atoms with Gasteiger partial charge in [-0.1, -0.05) is 54.4 Å². The average molecular weight is 361 g/mol. The van der Waals surface area contributed by atoms with Crippen molar-refractivity contribution in [3.05, 3.63) is 69.8 Å². The first-order valence-corrected chi connectivity index (χ1v) is 8.57. The van der Waals surface area contributed by atoms with E-state index < -0.39 is 0 Å². The van der Waals surface area contributed by atoms with E-state index in [1.807, 2.05) is 37.4 Å². The van der Waals surface area contributed by atoms with E-state index in [1.165, 1.54) is 5.39 Å². The molecular formula is C19H18Cl2N2O. The summed E-state index contributed by atoms with van der Waals surface area (Å²) in [6.07, 6.45) is 2.67. The smallest absolute Gasteiger partial charge is 0.223 e. The van der Waals surface area contributed by atoms with Crippen molar-refractivity contribution < 1.29 is 4.79 Å². The van der Waals surface area contributed by atoms with Crippen molar-refractivity contribution in [1.82, 2.24) is 10.3 Å². The number of halogens is 2. The van der Waals surface area contributed by atoms with Crippen molar-refractivity contribution in [2.75, 3.05) is 0 Å². The van der Waals surface area contributed by atoms with E-state index in [0.29, 0.717) is 23.0 Å². The number of aromatic amines is 1. The van der Waals surface area contributed by atoms with E-state index in [4.69, 9.17) is 23.2 Å². The van der Waals surface area contributed by atoms with Crippen molar-refractivity contribution in [3.8, 4) is 0 Å². The van der Waals surface area contributed by atoms with E-state index >= 15 is 0 Å². The molecule has 1 unspecified atom stereocenters. The zero-order valence-corrected chi connectivity index (χ0v) is 14.8. The molecule has 0 radical (unpaired) electrons. The van der Waals surface area contributed by atoms with E-state index in [1.54, 1.807) is 12.1 Å². The molecular weight excluding hydrogens is 343 g/mol. The molecule has 3 rings (SSSR count). The largest absolute Gasteiger partial charge is 0.361 e. The molecule has 124 valence electrons. The molecule has 0 saturated heterocycles. The molecule has 5 heteroatoms. The summed E-state index contributed by atoms with van der Waals surface area (Å²) in [5.74, 6) is -0.0988. The Kier molecular flexibility index (Phi) is 5.12. The Morgan fingerprint density at radius 3 is 2.75 bits per heavy atom. The molecule has 0 aliphatic heterocycles. The molecule has 2 aromatic carbocycles. The van der Waals surface area contributed by atoms with Gasteiger partial charge < -0.3 is 10.3 Å². The number of benzene rings is 2.